The van der Waals surface area contributed by atoms with E-state index in [4.69, 9.17) is 22.2 Å². The minimum atomic E-state index is -1.15. The lowest BCUT2D eigenvalue weighted by Gasteiger charge is -2.33. The molecular weight excluding hydrogens is 432 g/mol. The van der Waals surface area contributed by atoms with Crippen molar-refractivity contribution in [3.05, 3.63) is 114 Å². The van der Waals surface area contributed by atoms with Crippen molar-refractivity contribution >= 4 is 39.2 Å². The lowest BCUT2D eigenvalue weighted by Crippen LogP contribution is -2.32. The molecule has 3 aromatic carbocycles. The Morgan fingerprint density at radius 1 is 0.871 bits per heavy atom. The molecule has 31 heavy (non-hydrogen) atoms. The molecule has 0 radical (unpaired) electrons. The summed E-state index contributed by atoms with van der Waals surface area (Å²) >= 11 is 6.73. The fourth-order valence-corrected chi connectivity index (χ4v) is 3.84. The van der Waals surface area contributed by atoms with Crippen LogP contribution in [0.4, 0.5) is 5.13 Å². The summed E-state index contributed by atoms with van der Waals surface area (Å²) in [6, 6.07) is 28.9. The summed E-state index contributed by atoms with van der Waals surface area (Å²) in [4.78, 5) is 22.4. The number of halogens is 1. The van der Waals surface area contributed by atoms with Gasteiger partial charge in [-0.1, -0.05) is 96.2 Å². The SMILES string of the molecule is Nc1nc(/C(=N/OC(c2ccccc2)(c2ccccc2)c2ccccc2)C(=O)Cl)ns1. The van der Waals surface area contributed by atoms with Gasteiger partial charge in [0, 0.05) is 28.2 Å². The maximum Gasteiger partial charge on any atom is 0.278 e. The number of carbonyl (C=O) groups excluding carboxylic acids is 1. The van der Waals surface area contributed by atoms with E-state index < -0.39 is 10.8 Å². The smallest absolute Gasteiger partial charge is 0.278 e. The van der Waals surface area contributed by atoms with Crippen LogP contribution in [0.3, 0.4) is 0 Å². The Labute approximate surface area is 188 Å². The molecule has 8 heteroatoms. The van der Waals surface area contributed by atoms with Gasteiger partial charge in [-0.2, -0.15) is 9.36 Å². The third kappa shape index (κ3) is 4.19. The van der Waals surface area contributed by atoms with Crippen LogP contribution in [-0.4, -0.2) is 20.3 Å². The average Bonchev–Trinajstić information content (AvgIpc) is 3.24. The number of nitrogens with two attached hydrogens (primary N) is 1. The number of aromatic nitrogens is 2. The second-order valence-electron chi connectivity index (χ2n) is 6.54. The van der Waals surface area contributed by atoms with Crippen LogP contribution in [0.2, 0.25) is 0 Å². The number of oxime groups is 1. The van der Waals surface area contributed by atoms with Gasteiger partial charge in [-0.05, 0) is 11.6 Å². The minimum absolute atomic E-state index is 0.0191. The molecule has 0 atom stereocenters. The third-order valence-corrected chi connectivity index (χ3v) is 5.38. The monoisotopic (exact) mass is 448 g/mol. The average molecular weight is 449 g/mol. The quantitative estimate of drug-likeness (QED) is 0.193. The molecule has 0 amide bonds. The van der Waals surface area contributed by atoms with E-state index in [0.717, 1.165) is 28.2 Å². The first-order chi connectivity index (χ1) is 15.1. The van der Waals surface area contributed by atoms with Crippen molar-refractivity contribution in [2.75, 3.05) is 5.73 Å². The summed E-state index contributed by atoms with van der Waals surface area (Å²) in [5.74, 6) is 0.0191. The van der Waals surface area contributed by atoms with Crippen molar-refractivity contribution < 1.29 is 9.63 Å². The predicted molar refractivity (Wildman–Crippen MR) is 122 cm³/mol. The summed E-state index contributed by atoms with van der Waals surface area (Å²) in [6.45, 7) is 0. The number of anilines is 1. The molecule has 4 rings (SSSR count). The molecule has 0 saturated carbocycles. The number of rotatable bonds is 7. The van der Waals surface area contributed by atoms with E-state index in [1.54, 1.807) is 0 Å². The Morgan fingerprint density at radius 3 is 1.68 bits per heavy atom. The van der Waals surface area contributed by atoms with Crippen molar-refractivity contribution in [1.29, 1.82) is 0 Å². The molecule has 154 valence electrons. The highest BCUT2D eigenvalue weighted by molar-refractivity contribution is 7.09. The molecule has 1 aromatic heterocycles. The third-order valence-electron chi connectivity index (χ3n) is 4.65. The summed E-state index contributed by atoms with van der Waals surface area (Å²) in [6.07, 6.45) is 0. The molecule has 0 spiro atoms. The van der Waals surface area contributed by atoms with E-state index >= 15 is 0 Å². The topological polar surface area (TPSA) is 90.5 Å². The van der Waals surface area contributed by atoms with Gasteiger partial charge in [0.05, 0.1) is 0 Å². The van der Waals surface area contributed by atoms with Crippen molar-refractivity contribution in [1.82, 2.24) is 9.36 Å². The minimum Gasteiger partial charge on any atom is -0.374 e. The van der Waals surface area contributed by atoms with Crippen LogP contribution in [0, 0.1) is 0 Å². The first kappa shape index (κ1) is 20.7. The molecule has 1 heterocycles. The zero-order valence-electron chi connectivity index (χ0n) is 16.2. The van der Waals surface area contributed by atoms with E-state index in [0.29, 0.717) is 0 Å². The van der Waals surface area contributed by atoms with Crippen molar-refractivity contribution in [2.24, 2.45) is 5.16 Å². The van der Waals surface area contributed by atoms with Gasteiger partial charge in [-0.25, -0.2) is 0 Å². The Hall–Kier alpha value is -3.55. The molecule has 6 nitrogen and oxygen atoms in total. The van der Waals surface area contributed by atoms with Gasteiger partial charge in [-0.15, -0.1) is 0 Å². The van der Waals surface area contributed by atoms with Crippen LogP contribution in [0.25, 0.3) is 0 Å². The lowest BCUT2D eigenvalue weighted by atomic mass is 9.80. The number of carbonyl (C=O) groups is 1. The molecule has 0 aliphatic carbocycles. The van der Waals surface area contributed by atoms with Gasteiger partial charge in [0.2, 0.25) is 17.1 Å². The van der Waals surface area contributed by atoms with Crippen molar-refractivity contribution in [2.45, 2.75) is 5.60 Å². The molecule has 0 aliphatic heterocycles. The van der Waals surface area contributed by atoms with Gasteiger partial charge in [0.15, 0.2) is 5.13 Å². The fourth-order valence-electron chi connectivity index (χ4n) is 3.29. The van der Waals surface area contributed by atoms with Gasteiger partial charge in [-0.3, -0.25) is 4.79 Å². The highest BCUT2D eigenvalue weighted by Gasteiger charge is 2.40. The Balaban J connectivity index is 1.95. The van der Waals surface area contributed by atoms with Crippen LogP contribution in [-0.2, 0) is 15.2 Å². The number of benzene rings is 3. The highest BCUT2D eigenvalue weighted by atomic mass is 35.5. The summed E-state index contributed by atoms with van der Waals surface area (Å²) in [5.41, 5.74) is 6.76. The first-order valence-corrected chi connectivity index (χ1v) is 10.5. The molecule has 2 N–H and O–H groups in total. The van der Waals surface area contributed by atoms with Crippen LogP contribution >= 0.6 is 23.1 Å². The molecule has 4 aromatic rings. The van der Waals surface area contributed by atoms with Crippen LogP contribution < -0.4 is 5.73 Å². The highest BCUT2D eigenvalue weighted by Crippen LogP contribution is 2.40. The number of hydrogen-bond acceptors (Lipinski definition) is 7. The Kier molecular flexibility index (Phi) is 6.06. The second-order valence-corrected chi connectivity index (χ2v) is 7.67. The second kappa shape index (κ2) is 9.07. The Bertz CT molecular complexity index is 1100. The molecule has 0 aliphatic rings. The standard InChI is InChI=1S/C23H17ClN4O2S/c24-20(29)19(21-26-22(25)31-28-21)27-30-23(16-10-4-1-5-11-16,17-12-6-2-7-13-17)18-14-8-3-9-15-18/h1-15H,(H2,25,26,28)/b27-19+. The number of nitrogen functional groups attached to an aromatic ring is 1. The zero-order valence-corrected chi connectivity index (χ0v) is 17.8. The first-order valence-electron chi connectivity index (χ1n) is 9.33. The largest absolute Gasteiger partial charge is 0.374 e. The molecular formula is C23H17ClN4O2S. The van der Waals surface area contributed by atoms with Crippen LogP contribution in [0.5, 0.6) is 0 Å². The van der Waals surface area contributed by atoms with Gasteiger partial charge >= 0.3 is 0 Å². The molecule has 0 unspecified atom stereocenters. The summed E-state index contributed by atoms with van der Waals surface area (Å²) in [5, 5.41) is 3.52. The van der Waals surface area contributed by atoms with Crippen LogP contribution in [0.1, 0.15) is 22.5 Å². The molecule has 0 bridgehead atoms. The van der Waals surface area contributed by atoms with Crippen molar-refractivity contribution in [3.63, 3.8) is 0 Å². The van der Waals surface area contributed by atoms with E-state index in [9.17, 15) is 4.79 Å². The van der Waals surface area contributed by atoms with Crippen molar-refractivity contribution in [3.8, 4) is 0 Å². The summed E-state index contributed by atoms with van der Waals surface area (Å²) in [7, 11) is 0. The zero-order chi connectivity index (χ0) is 21.7. The van der Waals surface area contributed by atoms with Gasteiger partial charge in [0.25, 0.3) is 5.24 Å². The van der Waals surface area contributed by atoms with E-state index in [-0.39, 0.29) is 16.7 Å². The normalized spacial score (nSPS) is 11.8. The Morgan fingerprint density at radius 2 is 1.32 bits per heavy atom. The van der Waals surface area contributed by atoms with E-state index in [2.05, 4.69) is 14.5 Å². The molecule has 0 saturated heterocycles. The lowest BCUT2D eigenvalue weighted by molar-refractivity contribution is -0.106. The van der Waals surface area contributed by atoms with Gasteiger partial charge in [0.1, 0.15) is 0 Å². The number of nitrogens with zero attached hydrogens (tertiary/aromatic N) is 3. The van der Waals surface area contributed by atoms with Crippen LogP contribution in [0.15, 0.2) is 96.2 Å². The maximum atomic E-state index is 12.1. The number of hydrogen-bond donors (Lipinski definition) is 1. The summed E-state index contributed by atoms with van der Waals surface area (Å²) < 4.78 is 4.05. The predicted octanol–water partition coefficient (Wildman–Crippen LogP) is 4.60. The van der Waals surface area contributed by atoms with Gasteiger partial charge < -0.3 is 10.6 Å². The molecule has 0 fully saturated rings. The van der Waals surface area contributed by atoms with E-state index in [1.807, 2.05) is 91.0 Å². The fraction of sp³-hybridized carbons (Fsp3) is 0.0435. The maximum absolute atomic E-state index is 12.1. The van der Waals surface area contributed by atoms with E-state index in [1.165, 1.54) is 0 Å².